The molecule has 10 heavy (non-hydrogen) atoms. The summed E-state index contributed by atoms with van der Waals surface area (Å²) < 4.78 is 0. The molecule has 0 fully saturated rings. The minimum absolute atomic E-state index is 0.198. The second-order valence-corrected chi connectivity index (χ2v) is 2.19. The van der Waals surface area contributed by atoms with Gasteiger partial charge in [0.15, 0.2) is 0 Å². The molecule has 0 N–H and O–H groups in total. The zero-order valence-corrected chi connectivity index (χ0v) is 6.67. The lowest BCUT2D eigenvalue weighted by molar-refractivity contribution is 0.594. The molecular weight excluding hydrogens is 124 g/mol. The zero-order chi connectivity index (χ0) is 7.82. The second kappa shape index (κ2) is 6.28. The Hall–Kier alpha value is -0.840. The van der Waals surface area contributed by atoms with E-state index in [1.54, 1.807) is 6.21 Å². The molecule has 2 nitrogen and oxygen atoms in total. The van der Waals surface area contributed by atoms with Crippen molar-refractivity contribution in [2.45, 2.75) is 26.7 Å². The van der Waals surface area contributed by atoms with Crippen LogP contribution in [0.25, 0.3) is 0 Å². The number of nitriles is 1. The van der Waals surface area contributed by atoms with Crippen LogP contribution in [0.2, 0.25) is 0 Å². The minimum atomic E-state index is 0.198. The molecule has 0 saturated carbocycles. The molecular formula is C8H14N2. The van der Waals surface area contributed by atoms with E-state index in [1.807, 2.05) is 13.8 Å². The first-order valence-corrected chi connectivity index (χ1v) is 3.69. The molecule has 0 aliphatic carbocycles. The Kier molecular flexibility index (Phi) is 5.75. The van der Waals surface area contributed by atoms with Gasteiger partial charge in [-0.3, -0.25) is 4.99 Å². The Morgan fingerprint density at radius 2 is 2.40 bits per heavy atom. The van der Waals surface area contributed by atoms with Crippen LogP contribution in [0.3, 0.4) is 0 Å². The van der Waals surface area contributed by atoms with Crippen LogP contribution < -0.4 is 0 Å². The molecule has 1 unspecified atom stereocenters. The van der Waals surface area contributed by atoms with Crippen molar-refractivity contribution in [3.63, 3.8) is 0 Å². The van der Waals surface area contributed by atoms with E-state index in [0.717, 1.165) is 19.4 Å². The smallest absolute Gasteiger partial charge is 0.0656 e. The van der Waals surface area contributed by atoms with Crippen LogP contribution in [0.4, 0.5) is 0 Å². The first kappa shape index (κ1) is 9.16. The van der Waals surface area contributed by atoms with Crippen molar-refractivity contribution in [1.29, 1.82) is 5.26 Å². The number of aliphatic imine (C=N–C) groups is 1. The maximum atomic E-state index is 8.52. The van der Waals surface area contributed by atoms with E-state index in [9.17, 15) is 0 Å². The Bertz CT molecular complexity index is 133. The Labute approximate surface area is 62.6 Å². The molecule has 56 valence electrons. The first-order valence-electron chi connectivity index (χ1n) is 3.69. The normalized spacial score (nSPS) is 13.3. The van der Waals surface area contributed by atoms with E-state index in [-0.39, 0.29) is 5.92 Å². The molecule has 0 aliphatic rings. The summed E-state index contributed by atoms with van der Waals surface area (Å²) in [4.78, 5) is 4.03. The largest absolute Gasteiger partial charge is 0.298 e. The van der Waals surface area contributed by atoms with Gasteiger partial charge in [0, 0.05) is 12.5 Å². The van der Waals surface area contributed by atoms with E-state index in [4.69, 9.17) is 5.26 Å². The lowest BCUT2D eigenvalue weighted by Crippen LogP contribution is -1.96. The summed E-state index contributed by atoms with van der Waals surface area (Å²) >= 11 is 0. The van der Waals surface area contributed by atoms with Crippen molar-refractivity contribution >= 4 is 6.21 Å². The standard InChI is InChI=1S/C8H14N2/c1-3-8(7-9)5-6-10-4-2/h4,8H,3,5-6H2,1-2H3. The summed E-state index contributed by atoms with van der Waals surface area (Å²) in [6.45, 7) is 4.72. The quantitative estimate of drug-likeness (QED) is 0.547. The third-order valence-corrected chi connectivity index (χ3v) is 1.46. The molecule has 0 aromatic heterocycles. The average Bonchev–Trinajstić information content (AvgIpc) is 1.99. The molecule has 0 radical (unpaired) electrons. The maximum absolute atomic E-state index is 8.52. The SMILES string of the molecule is CC=NCCC(C#N)CC. The fourth-order valence-corrected chi connectivity index (χ4v) is 0.719. The Balaban J connectivity index is 3.37. The second-order valence-electron chi connectivity index (χ2n) is 2.19. The van der Waals surface area contributed by atoms with Gasteiger partial charge in [-0.15, -0.1) is 0 Å². The molecule has 0 saturated heterocycles. The Morgan fingerprint density at radius 1 is 1.70 bits per heavy atom. The fraction of sp³-hybridized carbons (Fsp3) is 0.750. The molecule has 0 bridgehead atoms. The molecule has 0 aliphatic heterocycles. The van der Waals surface area contributed by atoms with Crippen LogP contribution in [0, 0.1) is 17.2 Å². The summed E-state index contributed by atoms with van der Waals surface area (Å²) in [5.41, 5.74) is 0. The van der Waals surface area contributed by atoms with Crippen LogP contribution in [0.5, 0.6) is 0 Å². The number of rotatable bonds is 4. The van der Waals surface area contributed by atoms with Gasteiger partial charge in [-0.05, 0) is 26.0 Å². The summed E-state index contributed by atoms with van der Waals surface area (Å²) in [6, 6.07) is 2.24. The highest BCUT2D eigenvalue weighted by molar-refractivity contribution is 5.53. The van der Waals surface area contributed by atoms with Gasteiger partial charge in [0.05, 0.1) is 6.07 Å². The molecule has 0 aromatic carbocycles. The van der Waals surface area contributed by atoms with Crippen LogP contribution >= 0.6 is 0 Å². The van der Waals surface area contributed by atoms with Crippen molar-refractivity contribution < 1.29 is 0 Å². The molecule has 1 atom stereocenters. The van der Waals surface area contributed by atoms with Crippen LogP contribution in [-0.4, -0.2) is 12.8 Å². The van der Waals surface area contributed by atoms with Gasteiger partial charge in [0.25, 0.3) is 0 Å². The van der Waals surface area contributed by atoms with Gasteiger partial charge in [-0.1, -0.05) is 6.92 Å². The number of hydrogen-bond donors (Lipinski definition) is 0. The van der Waals surface area contributed by atoms with Crippen molar-refractivity contribution in [1.82, 2.24) is 0 Å². The van der Waals surface area contributed by atoms with Crippen LogP contribution in [-0.2, 0) is 0 Å². The van der Waals surface area contributed by atoms with E-state index < -0.39 is 0 Å². The van der Waals surface area contributed by atoms with Gasteiger partial charge >= 0.3 is 0 Å². The van der Waals surface area contributed by atoms with E-state index in [0.29, 0.717) is 0 Å². The minimum Gasteiger partial charge on any atom is -0.298 e. The molecule has 0 aromatic rings. The summed E-state index contributed by atoms with van der Waals surface area (Å²) in [5, 5.41) is 8.52. The monoisotopic (exact) mass is 138 g/mol. The van der Waals surface area contributed by atoms with Crippen molar-refractivity contribution in [3.8, 4) is 6.07 Å². The summed E-state index contributed by atoms with van der Waals surface area (Å²) in [5.74, 6) is 0.198. The predicted octanol–water partition coefficient (Wildman–Crippen LogP) is 2.02. The van der Waals surface area contributed by atoms with Crippen molar-refractivity contribution in [3.05, 3.63) is 0 Å². The third kappa shape index (κ3) is 4.08. The van der Waals surface area contributed by atoms with Gasteiger partial charge in [-0.2, -0.15) is 5.26 Å². The van der Waals surface area contributed by atoms with Crippen LogP contribution in [0.1, 0.15) is 26.7 Å². The van der Waals surface area contributed by atoms with Gasteiger partial charge < -0.3 is 0 Å². The lowest BCUT2D eigenvalue weighted by Gasteiger charge is -2.00. The molecule has 2 heteroatoms. The summed E-state index contributed by atoms with van der Waals surface area (Å²) in [6.07, 6.45) is 3.62. The van der Waals surface area contributed by atoms with Gasteiger partial charge in [-0.25, -0.2) is 0 Å². The van der Waals surface area contributed by atoms with Crippen LogP contribution in [0.15, 0.2) is 4.99 Å². The lowest BCUT2D eigenvalue weighted by atomic mass is 10.1. The molecule has 0 amide bonds. The Morgan fingerprint density at radius 3 is 2.80 bits per heavy atom. The maximum Gasteiger partial charge on any atom is 0.0656 e. The molecule has 0 rings (SSSR count). The van der Waals surface area contributed by atoms with Crippen molar-refractivity contribution in [2.24, 2.45) is 10.9 Å². The molecule has 0 spiro atoms. The van der Waals surface area contributed by atoms with E-state index in [1.165, 1.54) is 0 Å². The van der Waals surface area contributed by atoms with Gasteiger partial charge in [0.1, 0.15) is 0 Å². The summed E-state index contributed by atoms with van der Waals surface area (Å²) in [7, 11) is 0. The first-order chi connectivity index (χ1) is 4.85. The van der Waals surface area contributed by atoms with Gasteiger partial charge in [0.2, 0.25) is 0 Å². The van der Waals surface area contributed by atoms with E-state index >= 15 is 0 Å². The number of nitrogens with zero attached hydrogens (tertiary/aromatic N) is 2. The highest BCUT2D eigenvalue weighted by Gasteiger charge is 2.01. The fourth-order valence-electron chi connectivity index (χ4n) is 0.719. The zero-order valence-electron chi connectivity index (χ0n) is 6.67. The topological polar surface area (TPSA) is 36.1 Å². The third-order valence-electron chi connectivity index (χ3n) is 1.46. The molecule has 0 heterocycles. The number of hydrogen-bond acceptors (Lipinski definition) is 2. The predicted molar refractivity (Wildman–Crippen MR) is 43.0 cm³/mol. The highest BCUT2D eigenvalue weighted by Crippen LogP contribution is 2.05. The van der Waals surface area contributed by atoms with E-state index in [2.05, 4.69) is 11.1 Å². The highest BCUT2D eigenvalue weighted by atomic mass is 14.7. The average molecular weight is 138 g/mol. The van der Waals surface area contributed by atoms with Crippen molar-refractivity contribution in [2.75, 3.05) is 6.54 Å².